The summed E-state index contributed by atoms with van der Waals surface area (Å²) in [4.78, 5) is 17.1. The number of aromatic nitrogens is 5. The molecule has 0 fully saturated rings. The molecule has 0 spiro atoms. The van der Waals surface area contributed by atoms with E-state index in [1.165, 1.54) is 16.2 Å². The van der Waals surface area contributed by atoms with Crippen LogP contribution < -0.4 is 9.64 Å². The van der Waals surface area contributed by atoms with Crippen molar-refractivity contribution in [3.8, 4) is 11.5 Å². The van der Waals surface area contributed by atoms with Crippen molar-refractivity contribution in [3.05, 3.63) is 122 Å². The summed E-state index contributed by atoms with van der Waals surface area (Å²) in [6.07, 6.45) is 7.72. The Labute approximate surface area is 259 Å². The largest absolute Gasteiger partial charge is 0.453 e. The van der Waals surface area contributed by atoms with Gasteiger partial charge in [0.1, 0.15) is 0 Å². The second-order valence-electron chi connectivity index (χ2n) is 12.1. The van der Waals surface area contributed by atoms with Crippen LogP contribution in [0.15, 0.2) is 122 Å². The Balaban J connectivity index is 1.44. The van der Waals surface area contributed by atoms with Crippen molar-refractivity contribution >= 4 is 93.5 Å². The van der Waals surface area contributed by atoms with Crippen LogP contribution in [0.5, 0.6) is 11.5 Å². The van der Waals surface area contributed by atoms with E-state index in [1.807, 2.05) is 49.1 Å². The maximum atomic E-state index is 6.53. The second kappa shape index (κ2) is 7.78. The first-order valence-corrected chi connectivity index (χ1v) is 15.4. The fourth-order valence-electron chi connectivity index (χ4n) is 8.20. The number of anilines is 3. The number of ether oxygens (including phenoxy) is 1. The predicted molar refractivity (Wildman–Crippen MR) is 184 cm³/mol. The topological polar surface area (TPSA) is 60.0 Å². The highest BCUT2D eigenvalue weighted by atomic mass is 16.5. The highest BCUT2D eigenvalue weighted by Gasteiger charge is 2.34. The molecule has 0 saturated heterocycles. The summed E-state index contributed by atoms with van der Waals surface area (Å²) < 4.78 is 11.3. The number of nitrogens with zero attached hydrogens (tertiary/aromatic N) is 6. The van der Waals surface area contributed by atoms with Crippen molar-refractivity contribution in [2.45, 2.75) is 0 Å². The molecule has 0 amide bonds. The van der Waals surface area contributed by atoms with E-state index < -0.39 is 0 Å². The van der Waals surface area contributed by atoms with Gasteiger partial charge in [0.15, 0.2) is 11.5 Å². The van der Waals surface area contributed by atoms with Crippen LogP contribution in [0.2, 0.25) is 0 Å². The molecule has 8 heterocycles. The van der Waals surface area contributed by atoms with Crippen LogP contribution in [0.1, 0.15) is 0 Å². The van der Waals surface area contributed by atoms with Crippen LogP contribution in [0.25, 0.3) is 76.5 Å². The molecule has 0 saturated carbocycles. The molecule has 0 aliphatic carbocycles. The maximum absolute atomic E-state index is 6.53. The summed E-state index contributed by atoms with van der Waals surface area (Å²) in [5, 5.41) is 6.90. The normalized spacial score (nSPS) is 13.3. The van der Waals surface area contributed by atoms with Crippen LogP contribution >= 0.6 is 0 Å². The number of fused-ring (bicyclic) bond motifs is 14. The summed E-state index contributed by atoms with van der Waals surface area (Å²) in [6, 6.07) is 34.0. The van der Waals surface area contributed by atoms with Crippen molar-refractivity contribution in [1.29, 1.82) is 0 Å². The Hall–Kier alpha value is -6.47. The summed E-state index contributed by atoms with van der Waals surface area (Å²) in [7, 11) is 0. The zero-order valence-electron chi connectivity index (χ0n) is 24.1. The average molecular weight is 589 g/mol. The number of para-hydroxylation sites is 5. The lowest BCUT2D eigenvalue weighted by Crippen LogP contribution is -2.17. The van der Waals surface area contributed by atoms with E-state index in [0.29, 0.717) is 0 Å². The van der Waals surface area contributed by atoms with Crippen molar-refractivity contribution in [1.82, 2.24) is 23.8 Å². The molecule has 7 heteroatoms. The van der Waals surface area contributed by atoms with Crippen molar-refractivity contribution in [2.24, 2.45) is 0 Å². The minimum atomic E-state index is 0.807. The molecule has 7 nitrogen and oxygen atoms in total. The minimum Gasteiger partial charge on any atom is -0.453 e. The predicted octanol–water partition coefficient (Wildman–Crippen LogP) is 9.75. The van der Waals surface area contributed by atoms with E-state index in [1.54, 1.807) is 0 Å². The van der Waals surface area contributed by atoms with Gasteiger partial charge in [-0.25, -0.2) is 0 Å². The van der Waals surface area contributed by atoms with Gasteiger partial charge in [0.2, 0.25) is 0 Å². The Morgan fingerprint density at radius 2 is 1.04 bits per heavy atom. The first-order valence-electron chi connectivity index (χ1n) is 15.4. The molecule has 1 aliphatic heterocycles. The van der Waals surface area contributed by atoms with Gasteiger partial charge in [-0.1, -0.05) is 42.5 Å². The first kappa shape index (κ1) is 23.0. The lowest BCUT2D eigenvalue weighted by atomic mass is 10.0. The summed E-state index contributed by atoms with van der Waals surface area (Å²) in [5.41, 5.74) is 11.6. The van der Waals surface area contributed by atoms with Gasteiger partial charge in [0, 0.05) is 50.9 Å². The van der Waals surface area contributed by atoms with Crippen molar-refractivity contribution in [3.63, 3.8) is 0 Å². The van der Waals surface area contributed by atoms with Gasteiger partial charge in [-0.3, -0.25) is 19.9 Å². The van der Waals surface area contributed by atoms with E-state index in [2.05, 4.69) is 91.5 Å². The van der Waals surface area contributed by atoms with E-state index in [4.69, 9.17) is 14.7 Å². The molecular formula is C39H20N6O. The molecule has 0 radical (unpaired) electrons. The fraction of sp³-hybridized carbons (Fsp3) is 0. The molecule has 0 N–H and O–H groups in total. The Bertz CT molecular complexity index is 2880. The van der Waals surface area contributed by atoms with Gasteiger partial charge in [0.25, 0.3) is 0 Å². The Morgan fingerprint density at radius 3 is 1.74 bits per heavy atom. The highest BCUT2D eigenvalue weighted by molar-refractivity contribution is 6.32. The smallest absolute Gasteiger partial charge is 0.151 e. The van der Waals surface area contributed by atoms with Crippen LogP contribution in [0.4, 0.5) is 17.1 Å². The zero-order valence-corrected chi connectivity index (χ0v) is 24.1. The van der Waals surface area contributed by atoms with Crippen LogP contribution in [-0.2, 0) is 0 Å². The lowest BCUT2D eigenvalue weighted by molar-refractivity contribution is 0.477. The van der Waals surface area contributed by atoms with Gasteiger partial charge in [-0.05, 0) is 54.6 Å². The molecule has 4 aromatic carbocycles. The van der Waals surface area contributed by atoms with Gasteiger partial charge < -0.3 is 13.5 Å². The molecule has 7 aromatic heterocycles. The molecule has 46 heavy (non-hydrogen) atoms. The number of hydrogen-bond donors (Lipinski definition) is 0. The summed E-state index contributed by atoms with van der Waals surface area (Å²) in [5.74, 6) is 1.61. The number of benzene rings is 4. The van der Waals surface area contributed by atoms with Crippen LogP contribution in [-0.4, -0.2) is 23.8 Å². The van der Waals surface area contributed by atoms with Gasteiger partial charge >= 0.3 is 0 Å². The fourth-order valence-corrected chi connectivity index (χ4v) is 8.20. The molecule has 212 valence electrons. The van der Waals surface area contributed by atoms with Crippen LogP contribution in [0.3, 0.4) is 0 Å². The number of rotatable bonds is 1. The van der Waals surface area contributed by atoms with Crippen LogP contribution in [0, 0.1) is 0 Å². The first-order chi connectivity index (χ1) is 22.9. The third kappa shape index (κ3) is 2.50. The van der Waals surface area contributed by atoms with E-state index in [0.717, 1.165) is 88.9 Å². The molecular weight excluding hydrogens is 568 g/mol. The molecule has 12 rings (SSSR count). The summed E-state index contributed by atoms with van der Waals surface area (Å²) in [6.45, 7) is 0. The molecule has 0 atom stereocenters. The molecule has 0 bridgehead atoms. The molecule has 11 aromatic rings. The standard InChI is InChI=1S/C39H20N6O/c1-2-8-27-21(7-1)23-14-17-41-33-25-19-26-34-36-24(15-18-42-34)22-13-16-40-20-30(22)45(36)38(26)39(37(25)44(27)35(23)33)43-28-9-3-5-11-31(28)46-32-12-6-4-10-29(32)43/h1-20H. The third-order valence-electron chi connectivity index (χ3n) is 9.92. The maximum Gasteiger partial charge on any atom is 0.151 e. The van der Waals surface area contributed by atoms with E-state index >= 15 is 0 Å². The van der Waals surface area contributed by atoms with Crippen molar-refractivity contribution < 1.29 is 4.74 Å². The Kier molecular flexibility index (Phi) is 3.89. The minimum absolute atomic E-state index is 0.807. The van der Waals surface area contributed by atoms with Gasteiger partial charge in [-0.15, -0.1) is 0 Å². The van der Waals surface area contributed by atoms with Crippen molar-refractivity contribution in [2.75, 3.05) is 4.90 Å². The quantitative estimate of drug-likeness (QED) is 0.191. The zero-order chi connectivity index (χ0) is 29.7. The third-order valence-corrected chi connectivity index (χ3v) is 9.92. The van der Waals surface area contributed by atoms with E-state index in [9.17, 15) is 0 Å². The second-order valence-corrected chi connectivity index (χ2v) is 12.1. The van der Waals surface area contributed by atoms with Gasteiger partial charge in [-0.2, -0.15) is 0 Å². The SMILES string of the molecule is c1ccc2c(c1)Oc1ccccc1N2c1c2c(cc3c4nccc5c6ccncc6n(c13)c54)c1nccc3c4ccccc4n2c31. The lowest BCUT2D eigenvalue weighted by Gasteiger charge is -2.33. The van der Waals surface area contributed by atoms with Gasteiger partial charge in [0.05, 0.1) is 67.4 Å². The van der Waals surface area contributed by atoms with E-state index in [-0.39, 0.29) is 0 Å². The number of pyridine rings is 3. The number of hydrogen-bond acceptors (Lipinski definition) is 5. The monoisotopic (exact) mass is 588 g/mol. The average Bonchev–Trinajstić information content (AvgIpc) is 3.83. The summed E-state index contributed by atoms with van der Waals surface area (Å²) >= 11 is 0. The molecule has 0 unspecified atom stereocenters. The Morgan fingerprint density at radius 1 is 0.478 bits per heavy atom. The molecule has 1 aliphatic rings. The highest BCUT2D eigenvalue weighted by Crippen LogP contribution is 2.56.